The molecule has 0 atom stereocenters. The average molecular weight is 292 g/mol. The second kappa shape index (κ2) is 6.26. The molecule has 0 aliphatic heterocycles. The molecule has 0 amide bonds. The molecule has 0 unspecified atom stereocenters. The molecule has 0 heterocycles. The van der Waals surface area contributed by atoms with Crippen LogP contribution in [0.25, 0.3) is 10.8 Å². The molecule has 0 saturated heterocycles. The van der Waals surface area contributed by atoms with Gasteiger partial charge in [-0.05, 0) is 42.6 Å². The Hall–Kier alpha value is -2.88. The molecule has 0 radical (unpaired) electrons. The van der Waals surface area contributed by atoms with Crippen molar-refractivity contribution in [3.8, 4) is 11.5 Å². The van der Waals surface area contributed by atoms with E-state index >= 15 is 0 Å². The highest BCUT2D eigenvalue weighted by Crippen LogP contribution is 2.35. The molecule has 22 heavy (non-hydrogen) atoms. The Balaban J connectivity index is 1.87. The zero-order chi connectivity index (χ0) is 15.4. The predicted octanol–water partition coefficient (Wildman–Crippen LogP) is 5.36. The molecule has 4 heteroatoms. The zero-order valence-electron chi connectivity index (χ0n) is 12.2. The molecular weight excluding hydrogens is 276 g/mol. The van der Waals surface area contributed by atoms with E-state index in [1.807, 2.05) is 61.5 Å². The smallest absolute Gasteiger partial charge is 0.150 e. The molecule has 0 fully saturated rings. The molecule has 0 aliphatic rings. The molecule has 0 bridgehead atoms. The van der Waals surface area contributed by atoms with E-state index in [-0.39, 0.29) is 5.75 Å². The molecule has 0 aromatic heterocycles. The van der Waals surface area contributed by atoms with Gasteiger partial charge < -0.3 is 9.84 Å². The first-order valence-electron chi connectivity index (χ1n) is 7.13. The highest BCUT2D eigenvalue weighted by molar-refractivity contribution is 5.92. The monoisotopic (exact) mass is 292 g/mol. The number of hydrogen-bond donors (Lipinski definition) is 1. The number of benzene rings is 3. The Bertz CT molecular complexity index is 811. The number of nitrogens with zero attached hydrogens (tertiary/aromatic N) is 2. The third kappa shape index (κ3) is 2.91. The Morgan fingerprint density at radius 2 is 1.68 bits per heavy atom. The van der Waals surface area contributed by atoms with Gasteiger partial charge >= 0.3 is 0 Å². The fraction of sp³-hybridized carbons (Fsp3) is 0.111. The number of hydrogen-bond acceptors (Lipinski definition) is 4. The Morgan fingerprint density at radius 1 is 0.909 bits per heavy atom. The van der Waals surface area contributed by atoms with Crippen LogP contribution in [0.15, 0.2) is 70.9 Å². The lowest BCUT2D eigenvalue weighted by Gasteiger charge is -2.03. The summed E-state index contributed by atoms with van der Waals surface area (Å²) in [5, 5.41) is 20.3. The van der Waals surface area contributed by atoms with Gasteiger partial charge in [0.2, 0.25) is 0 Å². The number of aromatic hydroxyl groups is 1. The highest BCUT2D eigenvalue weighted by Gasteiger charge is 2.05. The van der Waals surface area contributed by atoms with E-state index in [0.29, 0.717) is 18.0 Å². The maximum atomic E-state index is 10.3. The van der Waals surface area contributed by atoms with E-state index < -0.39 is 0 Å². The standard InChI is InChI=1S/C18H16N2O2/c1-2-22-15-10-8-14(9-11-15)19-20-17-12-7-13-5-3-4-6-16(13)18(17)21/h3-12,21H,2H2,1H3. The zero-order valence-corrected chi connectivity index (χ0v) is 12.2. The third-order valence-electron chi connectivity index (χ3n) is 3.30. The summed E-state index contributed by atoms with van der Waals surface area (Å²) in [6, 6.07) is 18.6. The van der Waals surface area contributed by atoms with Crippen molar-refractivity contribution < 1.29 is 9.84 Å². The largest absolute Gasteiger partial charge is 0.505 e. The first-order chi connectivity index (χ1) is 10.8. The molecule has 3 rings (SSSR count). The minimum atomic E-state index is 0.146. The Kier molecular flexibility index (Phi) is 4.01. The number of ether oxygens (including phenoxy) is 1. The van der Waals surface area contributed by atoms with Crippen LogP contribution in [-0.4, -0.2) is 11.7 Å². The van der Waals surface area contributed by atoms with Crippen LogP contribution in [0.1, 0.15) is 6.92 Å². The second-order valence-electron chi connectivity index (χ2n) is 4.78. The maximum Gasteiger partial charge on any atom is 0.150 e. The van der Waals surface area contributed by atoms with Gasteiger partial charge in [-0.1, -0.05) is 30.3 Å². The number of phenols is 1. The van der Waals surface area contributed by atoms with Gasteiger partial charge in [-0.3, -0.25) is 0 Å². The third-order valence-corrected chi connectivity index (χ3v) is 3.30. The van der Waals surface area contributed by atoms with Crippen LogP contribution in [0, 0.1) is 0 Å². The van der Waals surface area contributed by atoms with E-state index in [9.17, 15) is 5.11 Å². The van der Waals surface area contributed by atoms with E-state index in [4.69, 9.17) is 4.74 Å². The van der Waals surface area contributed by atoms with Crippen LogP contribution in [0.3, 0.4) is 0 Å². The molecule has 110 valence electrons. The highest BCUT2D eigenvalue weighted by atomic mass is 16.5. The van der Waals surface area contributed by atoms with E-state index in [0.717, 1.165) is 16.5 Å². The predicted molar refractivity (Wildman–Crippen MR) is 87.4 cm³/mol. The fourth-order valence-corrected chi connectivity index (χ4v) is 2.21. The Morgan fingerprint density at radius 3 is 2.45 bits per heavy atom. The molecule has 1 N–H and O–H groups in total. The summed E-state index contributed by atoms with van der Waals surface area (Å²) in [6.07, 6.45) is 0. The number of phenolic OH excluding ortho intramolecular Hbond substituents is 1. The molecule has 3 aromatic carbocycles. The summed E-state index contributed by atoms with van der Waals surface area (Å²) >= 11 is 0. The number of rotatable bonds is 4. The fourth-order valence-electron chi connectivity index (χ4n) is 2.21. The summed E-state index contributed by atoms with van der Waals surface area (Å²) in [7, 11) is 0. The van der Waals surface area contributed by atoms with Gasteiger partial charge in [0.1, 0.15) is 11.4 Å². The van der Waals surface area contributed by atoms with Crippen molar-refractivity contribution >= 4 is 22.1 Å². The van der Waals surface area contributed by atoms with Crippen molar-refractivity contribution in [3.05, 3.63) is 60.7 Å². The lowest BCUT2D eigenvalue weighted by molar-refractivity contribution is 0.340. The first kappa shape index (κ1) is 14.1. The minimum absolute atomic E-state index is 0.146. The molecular formula is C18H16N2O2. The van der Waals surface area contributed by atoms with Crippen molar-refractivity contribution in [1.29, 1.82) is 0 Å². The quantitative estimate of drug-likeness (QED) is 0.658. The molecule has 4 nitrogen and oxygen atoms in total. The van der Waals surface area contributed by atoms with Gasteiger partial charge in [0.25, 0.3) is 0 Å². The molecule has 0 spiro atoms. The summed E-state index contributed by atoms with van der Waals surface area (Å²) in [4.78, 5) is 0. The minimum Gasteiger partial charge on any atom is -0.505 e. The summed E-state index contributed by atoms with van der Waals surface area (Å²) < 4.78 is 5.38. The van der Waals surface area contributed by atoms with Crippen LogP contribution in [0.2, 0.25) is 0 Å². The molecule has 3 aromatic rings. The first-order valence-corrected chi connectivity index (χ1v) is 7.13. The summed E-state index contributed by atoms with van der Waals surface area (Å²) in [5.41, 5.74) is 1.16. The van der Waals surface area contributed by atoms with Crippen LogP contribution < -0.4 is 4.74 Å². The van der Waals surface area contributed by atoms with Crippen LogP contribution in [0.4, 0.5) is 11.4 Å². The lowest BCUT2D eigenvalue weighted by Crippen LogP contribution is -1.89. The van der Waals surface area contributed by atoms with Crippen molar-refractivity contribution in [2.24, 2.45) is 10.2 Å². The number of fused-ring (bicyclic) bond motifs is 1. The van der Waals surface area contributed by atoms with Gasteiger partial charge in [-0.15, -0.1) is 5.11 Å². The van der Waals surface area contributed by atoms with Gasteiger partial charge in [-0.25, -0.2) is 0 Å². The van der Waals surface area contributed by atoms with Crippen LogP contribution in [-0.2, 0) is 0 Å². The van der Waals surface area contributed by atoms with Crippen molar-refractivity contribution in [3.63, 3.8) is 0 Å². The van der Waals surface area contributed by atoms with E-state index in [2.05, 4.69) is 10.2 Å². The maximum absolute atomic E-state index is 10.3. The molecule has 0 saturated carbocycles. The Labute approximate surface area is 128 Å². The molecule has 0 aliphatic carbocycles. The normalized spacial score (nSPS) is 11.1. The van der Waals surface area contributed by atoms with Crippen LogP contribution in [0.5, 0.6) is 11.5 Å². The summed E-state index contributed by atoms with van der Waals surface area (Å²) in [5.74, 6) is 0.947. The van der Waals surface area contributed by atoms with Crippen molar-refractivity contribution in [1.82, 2.24) is 0 Å². The SMILES string of the molecule is CCOc1ccc(N=Nc2ccc3ccccc3c2O)cc1. The number of azo groups is 1. The van der Waals surface area contributed by atoms with Crippen LogP contribution >= 0.6 is 0 Å². The van der Waals surface area contributed by atoms with Gasteiger partial charge in [-0.2, -0.15) is 5.11 Å². The second-order valence-corrected chi connectivity index (χ2v) is 4.78. The lowest BCUT2D eigenvalue weighted by atomic mass is 10.1. The van der Waals surface area contributed by atoms with Gasteiger partial charge in [0.05, 0.1) is 12.3 Å². The van der Waals surface area contributed by atoms with Crippen molar-refractivity contribution in [2.75, 3.05) is 6.61 Å². The van der Waals surface area contributed by atoms with E-state index in [1.54, 1.807) is 6.07 Å². The summed E-state index contributed by atoms with van der Waals surface area (Å²) in [6.45, 7) is 2.57. The van der Waals surface area contributed by atoms with Gasteiger partial charge in [0, 0.05) is 5.39 Å². The van der Waals surface area contributed by atoms with E-state index in [1.165, 1.54) is 0 Å². The van der Waals surface area contributed by atoms with Crippen molar-refractivity contribution in [2.45, 2.75) is 6.92 Å². The average Bonchev–Trinajstić information content (AvgIpc) is 2.56. The van der Waals surface area contributed by atoms with Gasteiger partial charge in [0.15, 0.2) is 5.75 Å². The topological polar surface area (TPSA) is 54.2 Å².